The molecule has 3 rings (SSSR count). The second-order valence-electron chi connectivity index (χ2n) is 5.15. The summed E-state index contributed by atoms with van der Waals surface area (Å²) in [4.78, 5) is 0. The molecule has 2 atom stereocenters. The highest BCUT2D eigenvalue weighted by atomic mass is 15.3. The fourth-order valence-corrected chi connectivity index (χ4v) is 2.92. The lowest BCUT2D eigenvalue weighted by Crippen LogP contribution is -2.29. The van der Waals surface area contributed by atoms with Gasteiger partial charge in [-0.1, -0.05) is 18.6 Å². The second-order valence-corrected chi connectivity index (χ2v) is 5.15. The van der Waals surface area contributed by atoms with Gasteiger partial charge in [0.25, 0.3) is 0 Å². The van der Waals surface area contributed by atoms with Crippen LogP contribution in [-0.2, 0) is 0 Å². The van der Waals surface area contributed by atoms with Gasteiger partial charge in [-0.25, -0.2) is 4.68 Å². The predicted molar refractivity (Wildman–Crippen MR) is 77.4 cm³/mol. The van der Waals surface area contributed by atoms with E-state index >= 15 is 0 Å². The average molecular weight is 256 g/mol. The van der Waals surface area contributed by atoms with Gasteiger partial charge >= 0.3 is 0 Å². The standard InChI is InChI=1S/C15H20N4/c16-11-12-5-3-7-13(12)18-14-6-1-2-8-15(14)19-10-4-9-17-19/h1-2,4,6,8-10,12-13,18H,3,5,7,11,16H2. The van der Waals surface area contributed by atoms with Crippen molar-refractivity contribution < 1.29 is 0 Å². The quantitative estimate of drug-likeness (QED) is 0.883. The van der Waals surface area contributed by atoms with Crippen molar-refractivity contribution in [3.8, 4) is 5.69 Å². The molecule has 1 saturated carbocycles. The van der Waals surface area contributed by atoms with E-state index < -0.39 is 0 Å². The smallest absolute Gasteiger partial charge is 0.0876 e. The Labute approximate surface area is 113 Å². The van der Waals surface area contributed by atoms with Gasteiger partial charge in [-0.05, 0) is 43.5 Å². The minimum Gasteiger partial charge on any atom is -0.380 e. The van der Waals surface area contributed by atoms with E-state index in [1.807, 2.05) is 23.0 Å². The van der Waals surface area contributed by atoms with E-state index in [-0.39, 0.29) is 0 Å². The molecule has 0 amide bonds. The number of rotatable bonds is 4. The zero-order valence-electron chi connectivity index (χ0n) is 11.0. The molecule has 100 valence electrons. The van der Waals surface area contributed by atoms with E-state index in [2.05, 4.69) is 28.6 Å². The van der Waals surface area contributed by atoms with Crippen LogP contribution in [0.3, 0.4) is 0 Å². The summed E-state index contributed by atoms with van der Waals surface area (Å²) in [5.74, 6) is 0.589. The number of hydrogen-bond donors (Lipinski definition) is 2. The summed E-state index contributed by atoms with van der Waals surface area (Å²) < 4.78 is 1.90. The Balaban J connectivity index is 1.85. The van der Waals surface area contributed by atoms with Gasteiger partial charge in [0.2, 0.25) is 0 Å². The van der Waals surface area contributed by atoms with Gasteiger partial charge in [0.05, 0.1) is 11.4 Å². The zero-order chi connectivity index (χ0) is 13.1. The third kappa shape index (κ3) is 2.49. The van der Waals surface area contributed by atoms with E-state index in [1.54, 1.807) is 6.20 Å². The van der Waals surface area contributed by atoms with Crippen molar-refractivity contribution in [3.63, 3.8) is 0 Å². The molecule has 4 nitrogen and oxygen atoms in total. The summed E-state index contributed by atoms with van der Waals surface area (Å²) in [5.41, 5.74) is 8.08. The van der Waals surface area contributed by atoms with Crippen molar-refractivity contribution in [1.29, 1.82) is 0 Å². The highest BCUT2D eigenvalue weighted by Gasteiger charge is 2.26. The molecule has 0 radical (unpaired) electrons. The first kappa shape index (κ1) is 12.2. The van der Waals surface area contributed by atoms with E-state index in [0.29, 0.717) is 12.0 Å². The Bertz CT molecular complexity index is 521. The van der Waals surface area contributed by atoms with Gasteiger partial charge in [-0.3, -0.25) is 0 Å². The number of anilines is 1. The van der Waals surface area contributed by atoms with Crippen LogP contribution in [0.1, 0.15) is 19.3 Å². The molecule has 0 spiro atoms. The Kier molecular flexibility index (Phi) is 3.51. The van der Waals surface area contributed by atoms with Crippen molar-refractivity contribution in [3.05, 3.63) is 42.7 Å². The van der Waals surface area contributed by atoms with Crippen LogP contribution in [0.5, 0.6) is 0 Å². The first-order valence-corrected chi connectivity index (χ1v) is 6.94. The second kappa shape index (κ2) is 5.45. The molecule has 1 heterocycles. The Morgan fingerprint density at radius 2 is 2.16 bits per heavy atom. The third-order valence-corrected chi connectivity index (χ3v) is 3.96. The van der Waals surface area contributed by atoms with E-state index in [9.17, 15) is 0 Å². The summed E-state index contributed by atoms with van der Waals surface area (Å²) >= 11 is 0. The van der Waals surface area contributed by atoms with Crippen molar-refractivity contribution in [2.45, 2.75) is 25.3 Å². The summed E-state index contributed by atoms with van der Waals surface area (Å²) in [7, 11) is 0. The number of para-hydroxylation sites is 2. The molecule has 4 heteroatoms. The van der Waals surface area contributed by atoms with Crippen LogP contribution in [0.15, 0.2) is 42.7 Å². The van der Waals surface area contributed by atoms with Crippen LogP contribution >= 0.6 is 0 Å². The van der Waals surface area contributed by atoms with Crippen molar-refractivity contribution in [2.24, 2.45) is 11.7 Å². The van der Waals surface area contributed by atoms with Gasteiger partial charge in [-0.2, -0.15) is 5.10 Å². The summed E-state index contributed by atoms with van der Waals surface area (Å²) in [6.45, 7) is 0.765. The number of nitrogens with one attached hydrogen (secondary N) is 1. The lowest BCUT2D eigenvalue weighted by atomic mass is 10.0. The molecule has 0 saturated heterocycles. The Morgan fingerprint density at radius 3 is 2.95 bits per heavy atom. The predicted octanol–water partition coefficient (Wildman–Crippen LogP) is 2.41. The normalized spacial score (nSPS) is 22.6. The minimum absolute atomic E-state index is 0.488. The monoisotopic (exact) mass is 256 g/mol. The topological polar surface area (TPSA) is 55.9 Å². The van der Waals surface area contributed by atoms with Crippen molar-refractivity contribution in [2.75, 3.05) is 11.9 Å². The molecule has 1 aliphatic carbocycles. The van der Waals surface area contributed by atoms with E-state index in [0.717, 1.165) is 17.9 Å². The molecular formula is C15H20N4. The van der Waals surface area contributed by atoms with Gasteiger partial charge in [-0.15, -0.1) is 0 Å². The van der Waals surface area contributed by atoms with Gasteiger partial charge in [0.15, 0.2) is 0 Å². The number of nitrogens with zero attached hydrogens (tertiary/aromatic N) is 2. The summed E-state index contributed by atoms with van der Waals surface area (Å²) in [5, 5.41) is 7.97. The number of aromatic nitrogens is 2. The van der Waals surface area contributed by atoms with Gasteiger partial charge in [0.1, 0.15) is 0 Å². The zero-order valence-corrected chi connectivity index (χ0v) is 11.0. The number of hydrogen-bond acceptors (Lipinski definition) is 3. The molecule has 2 aromatic rings. The van der Waals surface area contributed by atoms with Crippen LogP contribution in [-0.4, -0.2) is 22.4 Å². The van der Waals surface area contributed by atoms with E-state index in [4.69, 9.17) is 5.73 Å². The molecule has 0 aliphatic heterocycles. The van der Waals surface area contributed by atoms with Gasteiger partial charge < -0.3 is 11.1 Å². The number of nitrogens with two attached hydrogens (primary N) is 1. The Morgan fingerprint density at radius 1 is 1.26 bits per heavy atom. The Hall–Kier alpha value is -1.81. The highest BCUT2D eigenvalue weighted by Crippen LogP contribution is 2.29. The largest absolute Gasteiger partial charge is 0.380 e. The molecular weight excluding hydrogens is 236 g/mol. The molecule has 0 bridgehead atoms. The third-order valence-electron chi connectivity index (χ3n) is 3.96. The molecule has 2 unspecified atom stereocenters. The van der Waals surface area contributed by atoms with Crippen molar-refractivity contribution >= 4 is 5.69 Å². The summed E-state index contributed by atoms with van der Waals surface area (Å²) in [6, 6.07) is 10.7. The molecule has 1 aliphatic rings. The fourth-order valence-electron chi connectivity index (χ4n) is 2.92. The van der Waals surface area contributed by atoms with Gasteiger partial charge in [0, 0.05) is 18.4 Å². The van der Waals surface area contributed by atoms with Crippen LogP contribution in [0, 0.1) is 5.92 Å². The highest BCUT2D eigenvalue weighted by molar-refractivity contribution is 5.61. The molecule has 1 fully saturated rings. The maximum absolute atomic E-state index is 5.85. The van der Waals surface area contributed by atoms with Crippen LogP contribution in [0.25, 0.3) is 5.69 Å². The molecule has 19 heavy (non-hydrogen) atoms. The first-order chi connectivity index (χ1) is 9.38. The SMILES string of the molecule is NCC1CCCC1Nc1ccccc1-n1cccn1. The first-order valence-electron chi connectivity index (χ1n) is 6.94. The molecule has 3 N–H and O–H groups in total. The van der Waals surface area contributed by atoms with Crippen LogP contribution in [0.4, 0.5) is 5.69 Å². The molecule has 1 aromatic heterocycles. The number of benzene rings is 1. The van der Waals surface area contributed by atoms with Crippen molar-refractivity contribution in [1.82, 2.24) is 9.78 Å². The summed E-state index contributed by atoms with van der Waals surface area (Å²) in [6.07, 6.45) is 7.47. The lowest BCUT2D eigenvalue weighted by Gasteiger charge is -2.22. The average Bonchev–Trinajstić information content (AvgIpc) is 3.10. The fraction of sp³-hybridized carbons (Fsp3) is 0.400. The maximum Gasteiger partial charge on any atom is 0.0876 e. The minimum atomic E-state index is 0.488. The van der Waals surface area contributed by atoms with Crippen LogP contribution in [0.2, 0.25) is 0 Å². The lowest BCUT2D eigenvalue weighted by molar-refractivity contribution is 0.516. The maximum atomic E-state index is 5.85. The van der Waals surface area contributed by atoms with E-state index in [1.165, 1.54) is 19.3 Å². The molecule has 1 aromatic carbocycles. The van der Waals surface area contributed by atoms with Crippen LogP contribution < -0.4 is 11.1 Å².